The lowest BCUT2D eigenvalue weighted by molar-refractivity contribution is -0.131. The first-order chi connectivity index (χ1) is 11.7. The monoisotopic (exact) mass is 328 g/mol. The van der Waals surface area contributed by atoms with Crippen LogP contribution >= 0.6 is 0 Å². The van der Waals surface area contributed by atoms with E-state index in [1.165, 1.54) is 10.9 Å². The summed E-state index contributed by atoms with van der Waals surface area (Å²) in [6.45, 7) is 3.69. The van der Waals surface area contributed by atoms with E-state index in [1.54, 1.807) is 7.11 Å². The van der Waals surface area contributed by atoms with Crippen LogP contribution in [0.25, 0.3) is 10.9 Å². The number of hydrogen-bond acceptors (Lipinski definition) is 3. The van der Waals surface area contributed by atoms with Crippen LogP contribution in [0, 0.1) is 11.3 Å². The first-order valence-corrected chi connectivity index (χ1v) is 8.61. The number of benzene rings is 1. The maximum Gasteiger partial charge on any atom is 0.222 e. The van der Waals surface area contributed by atoms with E-state index in [0.717, 1.165) is 31.6 Å². The van der Waals surface area contributed by atoms with Gasteiger partial charge in [-0.2, -0.15) is 0 Å². The summed E-state index contributed by atoms with van der Waals surface area (Å²) >= 11 is 0. The lowest BCUT2D eigenvalue weighted by Crippen LogP contribution is -2.37. The van der Waals surface area contributed by atoms with Gasteiger partial charge in [0.1, 0.15) is 0 Å². The molecule has 128 valence electrons. The molecule has 3 heterocycles. The Morgan fingerprint density at radius 2 is 2.33 bits per heavy atom. The maximum atomic E-state index is 12.7. The van der Waals surface area contributed by atoms with Crippen molar-refractivity contribution in [3.05, 3.63) is 36.0 Å². The molecule has 2 aliphatic heterocycles. The third kappa shape index (κ3) is 2.62. The molecule has 0 bridgehead atoms. The smallest absolute Gasteiger partial charge is 0.222 e. The van der Waals surface area contributed by atoms with Crippen molar-refractivity contribution < 1.29 is 14.3 Å². The van der Waals surface area contributed by atoms with Crippen LogP contribution in [-0.2, 0) is 20.7 Å². The van der Waals surface area contributed by atoms with E-state index in [1.807, 2.05) is 23.2 Å². The van der Waals surface area contributed by atoms with Crippen LogP contribution < -0.4 is 0 Å². The summed E-state index contributed by atoms with van der Waals surface area (Å²) in [7, 11) is 1.73. The number of nitrogens with one attached hydrogen (secondary N) is 1. The van der Waals surface area contributed by atoms with Gasteiger partial charge in [-0.25, -0.2) is 0 Å². The molecule has 24 heavy (non-hydrogen) atoms. The molecule has 0 aliphatic carbocycles. The third-order valence-corrected chi connectivity index (χ3v) is 5.59. The Hall–Kier alpha value is -1.85. The van der Waals surface area contributed by atoms with Crippen molar-refractivity contribution >= 4 is 16.8 Å². The van der Waals surface area contributed by atoms with Gasteiger partial charge in [-0.1, -0.05) is 18.2 Å². The highest BCUT2D eigenvalue weighted by molar-refractivity contribution is 5.84. The van der Waals surface area contributed by atoms with Gasteiger partial charge in [0, 0.05) is 55.1 Å². The van der Waals surface area contributed by atoms with Crippen LogP contribution in [0.3, 0.4) is 0 Å². The predicted molar refractivity (Wildman–Crippen MR) is 91.8 cm³/mol. The Morgan fingerprint density at radius 3 is 3.21 bits per heavy atom. The van der Waals surface area contributed by atoms with Crippen molar-refractivity contribution in [1.29, 1.82) is 0 Å². The van der Waals surface area contributed by atoms with Crippen molar-refractivity contribution in [3.63, 3.8) is 0 Å². The Labute approximate surface area is 141 Å². The number of methoxy groups -OCH3 is 1. The van der Waals surface area contributed by atoms with Gasteiger partial charge in [0.2, 0.25) is 5.91 Å². The van der Waals surface area contributed by atoms with Gasteiger partial charge in [0.15, 0.2) is 0 Å². The molecule has 0 saturated carbocycles. The number of carbonyl (C=O) groups excluding carboxylic acids is 1. The molecule has 1 aromatic carbocycles. The molecule has 1 amide bonds. The number of aromatic nitrogens is 1. The van der Waals surface area contributed by atoms with Crippen molar-refractivity contribution in [3.8, 4) is 0 Å². The number of fused-ring (bicyclic) bond motifs is 2. The molecule has 0 unspecified atom stereocenters. The molecule has 5 heteroatoms. The number of aryl methyl sites for hydroxylation is 1. The van der Waals surface area contributed by atoms with Gasteiger partial charge >= 0.3 is 0 Å². The molecule has 5 nitrogen and oxygen atoms in total. The number of H-pyrrole nitrogens is 1. The van der Waals surface area contributed by atoms with Crippen molar-refractivity contribution in [2.75, 3.05) is 40.0 Å². The molecule has 1 N–H and O–H groups in total. The summed E-state index contributed by atoms with van der Waals surface area (Å²) in [5.74, 6) is 0.652. The van der Waals surface area contributed by atoms with Crippen molar-refractivity contribution in [1.82, 2.24) is 9.88 Å². The quantitative estimate of drug-likeness (QED) is 0.916. The van der Waals surface area contributed by atoms with E-state index in [0.29, 0.717) is 25.6 Å². The summed E-state index contributed by atoms with van der Waals surface area (Å²) < 4.78 is 11.0. The minimum Gasteiger partial charge on any atom is -0.384 e. The van der Waals surface area contributed by atoms with Gasteiger partial charge in [-0.3, -0.25) is 4.79 Å². The normalized spacial score (nSPS) is 26.2. The molecule has 2 aliphatic rings. The van der Waals surface area contributed by atoms with Crippen LogP contribution in [0.5, 0.6) is 0 Å². The van der Waals surface area contributed by atoms with Crippen LogP contribution in [0.15, 0.2) is 30.5 Å². The van der Waals surface area contributed by atoms with Gasteiger partial charge in [-0.05, 0) is 18.1 Å². The second kappa shape index (κ2) is 6.22. The second-order valence-electron chi connectivity index (χ2n) is 7.14. The third-order valence-electron chi connectivity index (χ3n) is 5.59. The predicted octanol–water partition coefficient (Wildman–Crippen LogP) is 2.22. The van der Waals surface area contributed by atoms with E-state index in [9.17, 15) is 4.79 Å². The Balaban J connectivity index is 1.40. The SMILES string of the molecule is COC[C@@]12COC[C@@H]1CN(C(=O)CCc1c[nH]c3ccccc13)C2. The molecule has 2 fully saturated rings. The highest BCUT2D eigenvalue weighted by Crippen LogP contribution is 2.41. The van der Waals surface area contributed by atoms with Crippen molar-refractivity contribution in [2.24, 2.45) is 11.3 Å². The summed E-state index contributed by atoms with van der Waals surface area (Å²) in [6, 6.07) is 8.24. The molecule has 2 atom stereocenters. The first kappa shape index (κ1) is 15.7. The van der Waals surface area contributed by atoms with Gasteiger partial charge < -0.3 is 19.4 Å². The molecule has 0 spiro atoms. The number of likely N-dealkylation sites (tertiary alicyclic amines) is 1. The Kier molecular flexibility index (Phi) is 4.06. The lowest BCUT2D eigenvalue weighted by atomic mass is 9.82. The second-order valence-corrected chi connectivity index (χ2v) is 7.14. The fourth-order valence-corrected chi connectivity index (χ4v) is 4.25. The zero-order chi connectivity index (χ0) is 16.6. The fraction of sp³-hybridized carbons (Fsp3) is 0.526. The maximum absolute atomic E-state index is 12.7. The number of amides is 1. The van der Waals surface area contributed by atoms with Crippen LogP contribution in [0.1, 0.15) is 12.0 Å². The topological polar surface area (TPSA) is 54.6 Å². The first-order valence-electron chi connectivity index (χ1n) is 8.61. The zero-order valence-electron chi connectivity index (χ0n) is 14.1. The fourth-order valence-electron chi connectivity index (χ4n) is 4.25. The Bertz CT molecular complexity index is 741. The number of nitrogens with zero attached hydrogens (tertiary/aromatic N) is 1. The highest BCUT2D eigenvalue weighted by Gasteiger charge is 2.51. The van der Waals surface area contributed by atoms with Crippen molar-refractivity contribution in [2.45, 2.75) is 12.8 Å². The average molecular weight is 328 g/mol. The van der Waals surface area contributed by atoms with Crippen LogP contribution in [0.2, 0.25) is 0 Å². The molecular weight excluding hydrogens is 304 g/mol. The Morgan fingerprint density at radius 1 is 1.46 bits per heavy atom. The summed E-state index contributed by atoms with van der Waals surface area (Å²) in [5.41, 5.74) is 2.35. The summed E-state index contributed by atoms with van der Waals surface area (Å²) in [4.78, 5) is 18.0. The van der Waals surface area contributed by atoms with Crippen LogP contribution in [0.4, 0.5) is 0 Å². The minimum atomic E-state index is 0.00515. The van der Waals surface area contributed by atoms with E-state index in [2.05, 4.69) is 17.1 Å². The number of ether oxygens (including phenoxy) is 2. The number of hydrogen-bond donors (Lipinski definition) is 1. The van der Waals surface area contributed by atoms with Gasteiger partial charge in [-0.15, -0.1) is 0 Å². The lowest BCUT2D eigenvalue weighted by Gasteiger charge is -2.26. The van der Waals surface area contributed by atoms with Crippen LogP contribution in [-0.4, -0.2) is 55.8 Å². The largest absolute Gasteiger partial charge is 0.384 e. The summed E-state index contributed by atoms with van der Waals surface area (Å²) in [5, 5.41) is 1.22. The highest BCUT2D eigenvalue weighted by atomic mass is 16.5. The molecule has 0 radical (unpaired) electrons. The molecule has 4 rings (SSSR count). The number of carbonyl (C=O) groups is 1. The molecule has 2 saturated heterocycles. The standard InChI is InChI=1S/C19H24N2O3/c1-23-12-19-11-21(9-15(19)10-24-13-19)18(22)7-6-14-8-20-17-5-3-2-4-16(14)17/h2-5,8,15,20H,6-7,9-13H2,1H3/t15-,19-/m0/s1. The average Bonchev–Trinajstić information content (AvgIpc) is 3.25. The molecule has 2 aromatic rings. The summed E-state index contributed by atoms with van der Waals surface area (Å²) in [6.07, 6.45) is 3.35. The number of aromatic amines is 1. The molecular formula is C19H24N2O3. The van der Waals surface area contributed by atoms with E-state index in [-0.39, 0.29) is 11.3 Å². The number of rotatable bonds is 5. The zero-order valence-corrected chi connectivity index (χ0v) is 14.1. The van der Waals surface area contributed by atoms with E-state index < -0.39 is 0 Å². The molecule has 1 aromatic heterocycles. The van der Waals surface area contributed by atoms with E-state index >= 15 is 0 Å². The minimum absolute atomic E-state index is 0.00515. The number of para-hydroxylation sites is 1. The van der Waals surface area contributed by atoms with Gasteiger partial charge in [0.25, 0.3) is 0 Å². The van der Waals surface area contributed by atoms with Gasteiger partial charge in [0.05, 0.1) is 19.8 Å². The van der Waals surface area contributed by atoms with E-state index in [4.69, 9.17) is 9.47 Å².